The molecule has 0 aromatic heterocycles. The number of rotatable bonds is 1. The molecule has 108 valence electrons. The van der Waals surface area contributed by atoms with Crippen LogP contribution < -0.4 is 4.90 Å². The molecule has 0 atom stereocenters. The van der Waals surface area contributed by atoms with E-state index >= 15 is 0 Å². The molecule has 2 aromatic rings. The summed E-state index contributed by atoms with van der Waals surface area (Å²) in [7, 11) is 0. The molecule has 3 nitrogen and oxygen atoms in total. The van der Waals surface area contributed by atoms with E-state index in [1.54, 1.807) is 23.1 Å². The molecule has 0 radical (unpaired) electrons. The Morgan fingerprint density at radius 2 is 1.86 bits per heavy atom. The zero-order valence-electron chi connectivity index (χ0n) is 11.1. The number of hydrogen-bond donors (Lipinski definition) is 1. The predicted molar refractivity (Wildman–Crippen MR) is 89.9 cm³/mol. The molecule has 2 aromatic carbocycles. The Kier molecular flexibility index (Phi) is 4.04. The van der Waals surface area contributed by atoms with Gasteiger partial charge in [-0.2, -0.15) is 0 Å². The predicted octanol–water partition coefficient (Wildman–Crippen LogP) is 4.51. The number of carbonyl (C=O) groups excluding carboxylic acids is 1. The van der Waals surface area contributed by atoms with Gasteiger partial charge in [-0.1, -0.05) is 44.0 Å². The van der Waals surface area contributed by atoms with Gasteiger partial charge < -0.3 is 10.0 Å². The fourth-order valence-electron chi connectivity index (χ4n) is 2.67. The molecule has 0 saturated heterocycles. The summed E-state index contributed by atoms with van der Waals surface area (Å²) in [5.41, 5.74) is 2.25. The average molecular weight is 411 g/mol. The SMILES string of the molecule is O=C(c1cc(Br)cc(Br)c1)N1CCCc2cccc(O)c21. The molecule has 1 aliphatic heterocycles. The van der Waals surface area contributed by atoms with Crippen molar-refractivity contribution in [2.24, 2.45) is 0 Å². The summed E-state index contributed by atoms with van der Waals surface area (Å²) in [6.07, 6.45) is 1.78. The minimum Gasteiger partial charge on any atom is -0.506 e. The highest BCUT2D eigenvalue weighted by Crippen LogP contribution is 2.36. The van der Waals surface area contributed by atoms with Gasteiger partial charge in [-0.3, -0.25) is 4.79 Å². The Labute approximate surface area is 139 Å². The summed E-state index contributed by atoms with van der Waals surface area (Å²) in [6.45, 7) is 0.619. The Morgan fingerprint density at radius 3 is 2.57 bits per heavy atom. The topological polar surface area (TPSA) is 40.5 Å². The second-order valence-electron chi connectivity index (χ2n) is 5.00. The highest BCUT2D eigenvalue weighted by Gasteiger charge is 2.26. The maximum atomic E-state index is 12.8. The van der Waals surface area contributed by atoms with Crippen LogP contribution in [0.15, 0.2) is 45.3 Å². The third kappa shape index (κ3) is 2.85. The maximum absolute atomic E-state index is 12.8. The maximum Gasteiger partial charge on any atom is 0.258 e. The van der Waals surface area contributed by atoms with Crippen LogP contribution in [0.5, 0.6) is 5.75 Å². The number of carbonyl (C=O) groups is 1. The molecule has 21 heavy (non-hydrogen) atoms. The van der Waals surface area contributed by atoms with Crippen molar-refractivity contribution in [1.29, 1.82) is 0 Å². The van der Waals surface area contributed by atoms with Gasteiger partial charge in [0.05, 0.1) is 5.69 Å². The molecule has 0 bridgehead atoms. The molecule has 0 unspecified atom stereocenters. The minimum absolute atomic E-state index is 0.0977. The van der Waals surface area contributed by atoms with Crippen molar-refractivity contribution in [3.8, 4) is 5.75 Å². The first-order valence-electron chi connectivity index (χ1n) is 6.65. The molecule has 1 N–H and O–H groups in total. The highest BCUT2D eigenvalue weighted by molar-refractivity contribution is 9.11. The third-order valence-corrected chi connectivity index (χ3v) is 4.47. The second kappa shape index (κ2) is 5.81. The van der Waals surface area contributed by atoms with Gasteiger partial charge in [-0.05, 0) is 42.7 Å². The van der Waals surface area contributed by atoms with Crippen molar-refractivity contribution < 1.29 is 9.90 Å². The first-order valence-corrected chi connectivity index (χ1v) is 8.23. The number of halogens is 2. The molecule has 1 amide bonds. The number of para-hydroxylation sites is 1. The molecule has 0 saturated carbocycles. The van der Waals surface area contributed by atoms with Gasteiger partial charge in [0.25, 0.3) is 5.91 Å². The molecular formula is C16H13Br2NO2. The lowest BCUT2D eigenvalue weighted by molar-refractivity contribution is 0.0984. The van der Waals surface area contributed by atoms with E-state index in [4.69, 9.17) is 0 Å². The monoisotopic (exact) mass is 409 g/mol. The van der Waals surface area contributed by atoms with Gasteiger partial charge in [0.15, 0.2) is 0 Å². The van der Waals surface area contributed by atoms with E-state index < -0.39 is 0 Å². The minimum atomic E-state index is -0.0977. The number of nitrogens with zero attached hydrogens (tertiary/aromatic N) is 1. The van der Waals surface area contributed by atoms with E-state index in [1.165, 1.54) is 0 Å². The van der Waals surface area contributed by atoms with Crippen LogP contribution in [0.1, 0.15) is 22.3 Å². The lowest BCUT2D eigenvalue weighted by Gasteiger charge is -2.30. The number of hydrogen-bond acceptors (Lipinski definition) is 2. The molecule has 1 heterocycles. The van der Waals surface area contributed by atoms with Crippen molar-refractivity contribution in [2.75, 3.05) is 11.4 Å². The van der Waals surface area contributed by atoms with Crippen molar-refractivity contribution >= 4 is 43.5 Å². The number of amides is 1. The fourth-order valence-corrected chi connectivity index (χ4v) is 3.96. The molecule has 3 rings (SSSR count). The first kappa shape index (κ1) is 14.6. The van der Waals surface area contributed by atoms with Crippen LogP contribution in [-0.4, -0.2) is 17.6 Å². The number of aryl methyl sites for hydroxylation is 1. The van der Waals surface area contributed by atoms with Crippen LogP contribution >= 0.6 is 31.9 Å². The lowest BCUT2D eigenvalue weighted by atomic mass is 10.00. The average Bonchev–Trinajstić information content (AvgIpc) is 2.45. The van der Waals surface area contributed by atoms with Gasteiger partial charge in [-0.25, -0.2) is 0 Å². The van der Waals surface area contributed by atoms with E-state index in [-0.39, 0.29) is 11.7 Å². The molecule has 0 fully saturated rings. The summed E-state index contributed by atoms with van der Waals surface area (Å²) in [4.78, 5) is 14.5. The fraction of sp³-hybridized carbons (Fsp3) is 0.188. The Hall–Kier alpha value is -1.33. The van der Waals surface area contributed by atoms with Crippen LogP contribution in [0.3, 0.4) is 0 Å². The van der Waals surface area contributed by atoms with Gasteiger partial charge in [0.1, 0.15) is 5.75 Å². The quantitative estimate of drug-likeness (QED) is 0.751. The molecule has 5 heteroatoms. The van der Waals surface area contributed by atoms with Crippen molar-refractivity contribution in [3.05, 3.63) is 56.5 Å². The smallest absolute Gasteiger partial charge is 0.258 e. The summed E-state index contributed by atoms with van der Waals surface area (Å²) < 4.78 is 1.68. The Balaban J connectivity index is 2.04. The number of aromatic hydroxyl groups is 1. The van der Waals surface area contributed by atoms with Crippen LogP contribution in [0.25, 0.3) is 0 Å². The number of phenols is 1. The standard InChI is InChI=1S/C16H13Br2NO2/c17-12-7-11(8-13(18)9-12)16(21)19-6-2-4-10-3-1-5-14(20)15(10)19/h1,3,5,7-9,20H,2,4,6H2. The molecule has 1 aliphatic rings. The van der Waals surface area contributed by atoms with E-state index in [1.807, 2.05) is 18.2 Å². The highest BCUT2D eigenvalue weighted by atomic mass is 79.9. The van der Waals surface area contributed by atoms with Crippen LogP contribution in [-0.2, 0) is 6.42 Å². The van der Waals surface area contributed by atoms with E-state index in [0.29, 0.717) is 17.8 Å². The lowest BCUT2D eigenvalue weighted by Crippen LogP contribution is -2.35. The number of benzene rings is 2. The first-order chi connectivity index (χ1) is 10.1. The van der Waals surface area contributed by atoms with E-state index in [9.17, 15) is 9.90 Å². The zero-order valence-corrected chi connectivity index (χ0v) is 14.3. The van der Waals surface area contributed by atoms with Crippen LogP contribution in [0.2, 0.25) is 0 Å². The van der Waals surface area contributed by atoms with Crippen LogP contribution in [0, 0.1) is 0 Å². The van der Waals surface area contributed by atoms with Gasteiger partial charge in [0.2, 0.25) is 0 Å². The molecular weight excluding hydrogens is 398 g/mol. The normalized spacial score (nSPS) is 13.9. The largest absolute Gasteiger partial charge is 0.506 e. The Morgan fingerprint density at radius 1 is 1.14 bits per heavy atom. The zero-order chi connectivity index (χ0) is 15.0. The summed E-state index contributed by atoms with van der Waals surface area (Å²) >= 11 is 6.80. The number of anilines is 1. The molecule has 0 spiro atoms. The van der Waals surface area contributed by atoms with Crippen molar-refractivity contribution in [2.45, 2.75) is 12.8 Å². The van der Waals surface area contributed by atoms with E-state index in [0.717, 1.165) is 27.4 Å². The van der Waals surface area contributed by atoms with Crippen molar-refractivity contribution in [3.63, 3.8) is 0 Å². The van der Waals surface area contributed by atoms with Crippen LogP contribution in [0.4, 0.5) is 5.69 Å². The number of fused-ring (bicyclic) bond motifs is 1. The third-order valence-electron chi connectivity index (χ3n) is 3.55. The summed E-state index contributed by atoms with van der Waals surface area (Å²) in [5.74, 6) is 0.0639. The van der Waals surface area contributed by atoms with Crippen molar-refractivity contribution in [1.82, 2.24) is 0 Å². The second-order valence-corrected chi connectivity index (χ2v) is 6.83. The molecule has 0 aliphatic carbocycles. The number of phenolic OH excluding ortho intramolecular Hbond substituents is 1. The summed E-state index contributed by atoms with van der Waals surface area (Å²) in [6, 6.07) is 10.9. The van der Waals surface area contributed by atoms with E-state index in [2.05, 4.69) is 31.9 Å². The Bertz CT molecular complexity index is 695. The van der Waals surface area contributed by atoms with Gasteiger partial charge in [0, 0.05) is 21.1 Å². The van der Waals surface area contributed by atoms with Gasteiger partial charge >= 0.3 is 0 Å². The summed E-state index contributed by atoms with van der Waals surface area (Å²) in [5, 5.41) is 10.1. The van der Waals surface area contributed by atoms with Gasteiger partial charge in [-0.15, -0.1) is 0 Å².